The topological polar surface area (TPSA) is 72.2 Å². The zero-order valence-corrected chi connectivity index (χ0v) is 16.4. The lowest BCUT2D eigenvalue weighted by molar-refractivity contribution is -0.140. The zero-order valence-electron chi connectivity index (χ0n) is 15.6. The molecule has 2 heterocycles. The molecule has 5 nitrogen and oxygen atoms in total. The molecule has 27 heavy (non-hydrogen) atoms. The van der Waals surface area contributed by atoms with E-state index in [0.29, 0.717) is 12.8 Å². The van der Waals surface area contributed by atoms with Crippen LogP contribution in [-0.4, -0.2) is 25.4 Å². The van der Waals surface area contributed by atoms with Gasteiger partial charge in [-0.2, -0.15) is 0 Å². The molecule has 0 aliphatic rings. The Bertz CT molecular complexity index is 1050. The summed E-state index contributed by atoms with van der Waals surface area (Å²) in [6.45, 7) is 3.80. The van der Waals surface area contributed by atoms with Crippen molar-refractivity contribution in [1.29, 1.82) is 0 Å². The van der Waals surface area contributed by atoms with Gasteiger partial charge in [0.2, 0.25) is 0 Å². The van der Waals surface area contributed by atoms with Crippen LogP contribution in [0.4, 0.5) is 0 Å². The quantitative estimate of drug-likeness (QED) is 0.642. The second kappa shape index (κ2) is 7.56. The summed E-state index contributed by atoms with van der Waals surface area (Å²) < 4.78 is 0.657. The van der Waals surface area contributed by atoms with E-state index in [1.807, 2.05) is 44.2 Å². The molecule has 0 aliphatic carbocycles. The van der Waals surface area contributed by atoms with Crippen LogP contribution in [0.25, 0.3) is 22.0 Å². The third-order valence-electron chi connectivity index (χ3n) is 4.98. The van der Waals surface area contributed by atoms with E-state index in [4.69, 9.17) is 0 Å². The molecule has 1 aromatic carbocycles. The summed E-state index contributed by atoms with van der Waals surface area (Å²) in [7, 11) is 1.71. The van der Waals surface area contributed by atoms with Crippen LogP contribution in [0.5, 0.6) is 0 Å². The van der Waals surface area contributed by atoms with E-state index in [1.165, 1.54) is 16.3 Å². The first kappa shape index (κ1) is 19.2. The summed E-state index contributed by atoms with van der Waals surface area (Å²) >= 11 is 1.38. The van der Waals surface area contributed by atoms with Gasteiger partial charge in [0.05, 0.1) is 5.52 Å². The van der Waals surface area contributed by atoms with Crippen molar-refractivity contribution in [1.82, 2.24) is 9.55 Å². The minimum atomic E-state index is -0.868. The molecule has 0 saturated carbocycles. The number of carboxylic acids is 1. The number of nitrogens with zero attached hydrogens (tertiary/aromatic N) is 2. The van der Waals surface area contributed by atoms with E-state index >= 15 is 0 Å². The summed E-state index contributed by atoms with van der Waals surface area (Å²) in [5.74, 6) is -0.801. The number of aromatic nitrogens is 2. The van der Waals surface area contributed by atoms with Gasteiger partial charge in [0.15, 0.2) is 0 Å². The fraction of sp³-hybridized carbons (Fsp3) is 0.286. The maximum atomic E-state index is 12.0. The largest absolute Gasteiger partial charge is 0.480 e. The van der Waals surface area contributed by atoms with Crippen molar-refractivity contribution in [2.45, 2.75) is 36.3 Å². The minimum absolute atomic E-state index is 0.0738. The molecule has 140 valence electrons. The van der Waals surface area contributed by atoms with Crippen molar-refractivity contribution in [3.8, 4) is 11.1 Å². The Balaban J connectivity index is 2.13. The molecule has 0 radical (unpaired) electrons. The number of carbonyl (C=O) groups is 1. The maximum absolute atomic E-state index is 12.0. The summed E-state index contributed by atoms with van der Waals surface area (Å²) in [6, 6.07) is 11.2. The number of benzene rings is 1. The van der Waals surface area contributed by atoms with Gasteiger partial charge in [-0.3, -0.25) is 14.6 Å². The Morgan fingerprint density at radius 3 is 2.48 bits per heavy atom. The highest BCUT2D eigenvalue weighted by molar-refractivity contribution is 8.01. The number of aliphatic carboxylic acids is 1. The molecular formula is C21H22N2O3S. The minimum Gasteiger partial charge on any atom is -0.480 e. The molecule has 0 spiro atoms. The standard InChI is InChI=1S/C21H22N2O3S/c1-4-21(5-2,20(25)26)27-18-8-10-22-17-7-6-14(12-16(17)18)15-9-11-23(3)19(24)13-15/h6-13H,4-5H2,1-3H3,(H,25,26). The van der Waals surface area contributed by atoms with Gasteiger partial charge >= 0.3 is 5.97 Å². The second-order valence-corrected chi connectivity index (χ2v) is 7.94. The molecule has 2 aromatic heterocycles. The Labute approximate surface area is 162 Å². The normalized spacial score (nSPS) is 11.7. The van der Waals surface area contributed by atoms with Crippen molar-refractivity contribution in [3.05, 3.63) is 59.1 Å². The molecule has 0 amide bonds. The van der Waals surface area contributed by atoms with Gasteiger partial charge in [-0.05, 0) is 48.2 Å². The summed E-state index contributed by atoms with van der Waals surface area (Å²) in [5.41, 5.74) is 2.47. The van der Waals surface area contributed by atoms with Crippen LogP contribution in [0.1, 0.15) is 26.7 Å². The van der Waals surface area contributed by atoms with Crippen molar-refractivity contribution >= 4 is 28.6 Å². The van der Waals surface area contributed by atoms with Gasteiger partial charge in [0.25, 0.3) is 5.56 Å². The van der Waals surface area contributed by atoms with Crippen LogP contribution in [0.15, 0.2) is 58.5 Å². The fourth-order valence-corrected chi connectivity index (χ4v) is 4.27. The number of carboxylic acid groups (broad SMARTS) is 1. The lowest BCUT2D eigenvalue weighted by Crippen LogP contribution is -2.33. The molecule has 3 aromatic rings. The second-order valence-electron chi connectivity index (χ2n) is 6.51. The van der Waals surface area contributed by atoms with Gasteiger partial charge in [0, 0.05) is 35.8 Å². The van der Waals surface area contributed by atoms with Crippen molar-refractivity contribution in [2.75, 3.05) is 0 Å². The Morgan fingerprint density at radius 1 is 1.15 bits per heavy atom. The van der Waals surface area contributed by atoms with E-state index in [9.17, 15) is 14.7 Å². The lowest BCUT2D eigenvalue weighted by Gasteiger charge is -2.26. The maximum Gasteiger partial charge on any atom is 0.320 e. The smallest absolute Gasteiger partial charge is 0.320 e. The van der Waals surface area contributed by atoms with Gasteiger partial charge in [-0.25, -0.2) is 0 Å². The third kappa shape index (κ3) is 3.62. The van der Waals surface area contributed by atoms with Crippen LogP contribution in [0.2, 0.25) is 0 Å². The molecule has 0 bridgehead atoms. The molecule has 0 atom stereocenters. The van der Waals surface area contributed by atoms with Crippen molar-refractivity contribution < 1.29 is 9.90 Å². The van der Waals surface area contributed by atoms with Gasteiger partial charge in [-0.1, -0.05) is 19.9 Å². The Kier molecular flexibility index (Phi) is 5.37. The Morgan fingerprint density at radius 2 is 1.85 bits per heavy atom. The van der Waals surface area contributed by atoms with Gasteiger partial charge < -0.3 is 9.67 Å². The van der Waals surface area contributed by atoms with E-state index in [1.54, 1.807) is 25.5 Å². The molecule has 0 aliphatic heterocycles. The summed E-state index contributed by atoms with van der Waals surface area (Å²) in [4.78, 5) is 29.2. The summed E-state index contributed by atoms with van der Waals surface area (Å²) in [5, 5.41) is 10.7. The van der Waals surface area contributed by atoms with Crippen LogP contribution >= 0.6 is 11.8 Å². The first-order valence-electron chi connectivity index (χ1n) is 8.88. The lowest BCUT2D eigenvalue weighted by atomic mass is 10.0. The van der Waals surface area contributed by atoms with Crippen molar-refractivity contribution in [3.63, 3.8) is 0 Å². The zero-order chi connectivity index (χ0) is 19.6. The van der Waals surface area contributed by atoms with Crippen molar-refractivity contribution in [2.24, 2.45) is 7.05 Å². The average molecular weight is 382 g/mol. The first-order chi connectivity index (χ1) is 12.9. The predicted molar refractivity (Wildman–Crippen MR) is 109 cm³/mol. The molecular weight excluding hydrogens is 360 g/mol. The van der Waals surface area contributed by atoms with Crippen LogP contribution in [0.3, 0.4) is 0 Å². The fourth-order valence-electron chi connectivity index (χ4n) is 3.07. The predicted octanol–water partition coefficient (Wildman–Crippen LogP) is 4.34. The van der Waals surface area contributed by atoms with E-state index in [0.717, 1.165) is 26.9 Å². The monoisotopic (exact) mass is 382 g/mol. The highest BCUT2D eigenvalue weighted by Crippen LogP contribution is 2.41. The molecule has 6 heteroatoms. The first-order valence-corrected chi connectivity index (χ1v) is 9.70. The highest BCUT2D eigenvalue weighted by atomic mass is 32.2. The summed E-state index contributed by atoms with van der Waals surface area (Å²) in [6.07, 6.45) is 4.51. The third-order valence-corrected chi connectivity index (χ3v) is 6.70. The number of hydrogen-bond acceptors (Lipinski definition) is 4. The van der Waals surface area contributed by atoms with Crippen LogP contribution < -0.4 is 5.56 Å². The molecule has 3 rings (SSSR count). The molecule has 1 N–H and O–H groups in total. The van der Waals surface area contributed by atoms with E-state index in [2.05, 4.69) is 4.98 Å². The van der Waals surface area contributed by atoms with Gasteiger partial charge in [0.1, 0.15) is 4.75 Å². The van der Waals surface area contributed by atoms with Crippen LogP contribution in [0, 0.1) is 0 Å². The van der Waals surface area contributed by atoms with E-state index in [-0.39, 0.29) is 5.56 Å². The number of pyridine rings is 2. The van der Waals surface area contributed by atoms with Crippen LogP contribution in [-0.2, 0) is 11.8 Å². The molecule has 0 unspecified atom stereocenters. The van der Waals surface area contributed by atoms with E-state index < -0.39 is 10.7 Å². The SMILES string of the molecule is CCC(CC)(Sc1ccnc2ccc(-c3ccn(C)c(=O)c3)cc12)C(=O)O. The Hall–Kier alpha value is -2.60. The number of aryl methyl sites for hydroxylation is 1. The number of rotatable bonds is 6. The molecule has 0 saturated heterocycles. The highest BCUT2D eigenvalue weighted by Gasteiger charge is 2.36. The number of thioether (sulfide) groups is 1. The van der Waals surface area contributed by atoms with Gasteiger partial charge in [-0.15, -0.1) is 11.8 Å². The molecule has 0 fully saturated rings. The average Bonchev–Trinajstić information content (AvgIpc) is 2.68. The number of fused-ring (bicyclic) bond motifs is 1. The number of hydrogen-bond donors (Lipinski definition) is 1.